The highest BCUT2D eigenvalue weighted by Gasteiger charge is 2.17. The van der Waals surface area contributed by atoms with Crippen LogP contribution in [0.25, 0.3) is 22.2 Å². The van der Waals surface area contributed by atoms with Gasteiger partial charge in [0.2, 0.25) is 0 Å². The quantitative estimate of drug-likeness (QED) is 0.682. The summed E-state index contributed by atoms with van der Waals surface area (Å²) in [5, 5.41) is 1.20. The van der Waals surface area contributed by atoms with E-state index < -0.39 is 0 Å². The molecule has 0 bridgehead atoms. The van der Waals surface area contributed by atoms with Gasteiger partial charge in [-0.15, -0.1) is 0 Å². The average molecular weight is 293 g/mol. The summed E-state index contributed by atoms with van der Waals surface area (Å²) in [5.74, 6) is -0.174. The molecule has 3 rings (SSSR count). The fraction of sp³-hybridized carbons (Fsp3) is 0.211. The van der Waals surface area contributed by atoms with E-state index in [1.54, 1.807) is 0 Å². The van der Waals surface area contributed by atoms with Gasteiger partial charge in [0.1, 0.15) is 0 Å². The van der Waals surface area contributed by atoms with Crippen LogP contribution in [0.2, 0.25) is 0 Å². The van der Waals surface area contributed by atoms with Gasteiger partial charge >= 0.3 is 5.97 Å². The van der Waals surface area contributed by atoms with Crippen molar-refractivity contribution in [2.45, 2.75) is 12.8 Å². The number of carbonyl (C=O) groups excluding carboxylic acids is 1. The average Bonchev–Trinajstić information content (AvgIpc) is 2.86. The summed E-state index contributed by atoms with van der Waals surface area (Å²) in [6.07, 6.45) is 1.07. The molecule has 1 heterocycles. The van der Waals surface area contributed by atoms with Gasteiger partial charge in [-0.1, -0.05) is 48.5 Å². The number of nitrogens with zero attached hydrogens (tertiary/aromatic N) is 1. The Balaban J connectivity index is 2.16. The predicted octanol–water partition coefficient (Wildman–Crippen LogP) is 3.95. The van der Waals surface area contributed by atoms with E-state index in [9.17, 15) is 4.79 Å². The van der Waals surface area contributed by atoms with Gasteiger partial charge in [-0.3, -0.25) is 4.79 Å². The van der Waals surface area contributed by atoms with Crippen LogP contribution in [0.4, 0.5) is 0 Å². The van der Waals surface area contributed by atoms with E-state index in [2.05, 4.69) is 35.9 Å². The number of methoxy groups -OCH3 is 1. The summed E-state index contributed by atoms with van der Waals surface area (Å²) < 4.78 is 7.00. The minimum atomic E-state index is -0.174. The van der Waals surface area contributed by atoms with E-state index in [4.69, 9.17) is 4.74 Å². The number of aryl methyl sites for hydroxylation is 2. The second-order valence-electron chi connectivity index (χ2n) is 5.35. The summed E-state index contributed by atoms with van der Waals surface area (Å²) in [5.41, 5.74) is 4.72. The topological polar surface area (TPSA) is 31.2 Å². The Morgan fingerprint density at radius 3 is 2.45 bits per heavy atom. The van der Waals surface area contributed by atoms with Crippen molar-refractivity contribution in [2.24, 2.45) is 7.05 Å². The van der Waals surface area contributed by atoms with Crippen molar-refractivity contribution in [3.63, 3.8) is 0 Å². The van der Waals surface area contributed by atoms with Gasteiger partial charge < -0.3 is 9.30 Å². The lowest BCUT2D eigenvalue weighted by Crippen LogP contribution is -2.03. The molecular weight excluding hydrogens is 274 g/mol. The predicted molar refractivity (Wildman–Crippen MR) is 88.7 cm³/mol. The Hall–Kier alpha value is -2.55. The molecule has 0 atom stereocenters. The monoisotopic (exact) mass is 293 g/mol. The first-order valence-corrected chi connectivity index (χ1v) is 7.41. The Bertz CT molecular complexity index is 803. The van der Waals surface area contributed by atoms with Crippen LogP contribution in [0, 0.1) is 0 Å². The Morgan fingerprint density at radius 1 is 1.05 bits per heavy atom. The van der Waals surface area contributed by atoms with Gasteiger partial charge in [0, 0.05) is 24.4 Å². The highest BCUT2D eigenvalue weighted by Crippen LogP contribution is 2.33. The van der Waals surface area contributed by atoms with Crippen molar-refractivity contribution in [3.8, 4) is 11.3 Å². The zero-order valence-corrected chi connectivity index (χ0v) is 12.9. The molecule has 112 valence electrons. The first-order chi connectivity index (χ1) is 10.7. The summed E-state index contributed by atoms with van der Waals surface area (Å²) in [6, 6.07) is 18.6. The van der Waals surface area contributed by atoms with E-state index in [0.717, 1.165) is 0 Å². The van der Waals surface area contributed by atoms with Crippen molar-refractivity contribution in [1.82, 2.24) is 4.57 Å². The molecule has 3 heteroatoms. The maximum Gasteiger partial charge on any atom is 0.305 e. The van der Waals surface area contributed by atoms with Gasteiger partial charge in [0.25, 0.3) is 0 Å². The fourth-order valence-electron chi connectivity index (χ4n) is 3.02. The van der Waals surface area contributed by atoms with Gasteiger partial charge in [-0.2, -0.15) is 0 Å². The zero-order chi connectivity index (χ0) is 15.5. The number of rotatable bonds is 4. The molecule has 3 aromatic rings. The number of fused-ring (bicyclic) bond motifs is 1. The lowest BCUT2D eigenvalue weighted by Gasteiger charge is -2.08. The number of benzene rings is 2. The second kappa shape index (κ2) is 6.06. The molecule has 0 fully saturated rings. The van der Waals surface area contributed by atoms with Gasteiger partial charge in [-0.25, -0.2) is 0 Å². The van der Waals surface area contributed by atoms with Gasteiger partial charge in [0.05, 0.1) is 12.8 Å². The highest BCUT2D eigenvalue weighted by molar-refractivity contribution is 5.92. The van der Waals surface area contributed by atoms with Crippen LogP contribution in [-0.2, 0) is 23.0 Å². The fourth-order valence-corrected chi connectivity index (χ4v) is 3.02. The molecule has 1 aromatic heterocycles. The number of carbonyl (C=O) groups is 1. The van der Waals surface area contributed by atoms with Crippen LogP contribution in [0.3, 0.4) is 0 Å². The molecule has 0 saturated carbocycles. The van der Waals surface area contributed by atoms with Crippen LogP contribution in [0.1, 0.15) is 12.0 Å². The van der Waals surface area contributed by atoms with E-state index >= 15 is 0 Å². The number of hydrogen-bond donors (Lipinski definition) is 0. The molecule has 0 unspecified atom stereocenters. The second-order valence-corrected chi connectivity index (χ2v) is 5.35. The largest absolute Gasteiger partial charge is 0.469 e. The number of aromatic nitrogens is 1. The van der Waals surface area contributed by atoms with Crippen LogP contribution in [0.5, 0.6) is 0 Å². The Labute approximate surface area is 130 Å². The number of esters is 1. The van der Waals surface area contributed by atoms with Gasteiger partial charge in [0.15, 0.2) is 0 Å². The lowest BCUT2D eigenvalue weighted by molar-refractivity contribution is -0.140. The van der Waals surface area contributed by atoms with Crippen molar-refractivity contribution < 1.29 is 9.53 Å². The molecule has 0 amide bonds. The summed E-state index contributed by atoms with van der Waals surface area (Å²) in [4.78, 5) is 11.5. The summed E-state index contributed by atoms with van der Waals surface area (Å²) in [7, 11) is 3.51. The van der Waals surface area contributed by atoms with Crippen molar-refractivity contribution >= 4 is 16.9 Å². The van der Waals surface area contributed by atoms with Crippen LogP contribution < -0.4 is 0 Å². The van der Waals surface area contributed by atoms with Crippen LogP contribution in [-0.4, -0.2) is 17.6 Å². The smallest absolute Gasteiger partial charge is 0.305 e. The first-order valence-electron chi connectivity index (χ1n) is 7.41. The third-order valence-electron chi connectivity index (χ3n) is 4.07. The first kappa shape index (κ1) is 14.4. The normalized spacial score (nSPS) is 10.8. The summed E-state index contributed by atoms with van der Waals surface area (Å²) >= 11 is 0. The maximum absolute atomic E-state index is 11.5. The van der Waals surface area contributed by atoms with Crippen molar-refractivity contribution in [1.29, 1.82) is 0 Å². The van der Waals surface area contributed by atoms with Crippen LogP contribution in [0.15, 0.2) is 54.6 Å². The molecular formula is C19H19NO2. The minimum Gasteiger partial charge on any atom is -0.469 e. The standard InChI is InChI=1S/C19H19NO2/c1-20-17-11-7-6-10-15(17)16(12-13-18(21)22-2)19(20)14-8-4-3-5-9-14/h3-11H,12-13H2,1-2H3. The minimum absolute atomic E-state index is 0.174. The molecule has 2 aromatic carbocycles. The highest BCUT2D eigenvalue weighted by atomic mass is 16.5. The molecule has 3 nitrogen and oxygen atoms in total. The zero-order valence-electron chi connectivity index (χ0n) is 12.9. The van der Waals surface area contributed by atoms with Crippen molar-refractivity contribution in [3.05, 3.63) is 60.2 Å². The number of ether oxygens (including phenoxy) is 1. The SMILES string of the molecule is COC(=O)CCc1c(-c2ccccc2)n(C)c2ccccc12. The molecule has 0 aliphatic rings. The van der Waals surface area contributed by atoms with E-state index in [1.807, 2.05) is 30.3 Å². The molecule has 22 heavy (non-hydrogen) atoms. The molecule has 0 aliphatic carbocycles. The molecule has 0 N–H and O–H groups in total. The van der Waals surface area contributed by atoms with E-state index in [-0.39, 0.29) is 5.97 Å². The van der Waals surface area contributed by atoms with Crippen LogP contribution >= 0.6 is 0 Å². The molecule has 0 radical (unpaired) electrons. The molecule has 0 saturated heterocycles. The third-order valence-corrected chi connectivity index (χ3v) is 4.07. The third kappa shape index (κ3) is 2.50. The molecule has 0 spiro atoms. The number of hydrogen-bond acceptors (Lipinski definition) is 2. The summed E-state index contributed by atoms with van der Waals surface area (Å²) in [6.45, 7) is 0. The molecule has 0 aliphatic heterocycles. The maximum atomic E-state index is 11.5. The Morgan fingerprint density at radius 2 is 1.73 bits per heavy atom. The van der Waals surface area contributed by atoms with Crippen molar-refractivity contribution in [2.75, 3.05) is 7.11 Å². The van der Waals surface area contributed by atoms with E-state index in [0.29, 0.717) is 12.8 Å². The lowest BCUT2D eigenvalue weighted by atomic mass is 10.0. The Kier molecular flexibility index (Phi) is 3.96. The number of para-hydroxylation sites is 1. The van der Waals surface area contributed by atoms with Gasteiger partial charge in [-0.05, 0) is 23.6 Å². The van der Waals surface area contributed by atoms with E-state index in [1.165, 1.54) is 34.8 Å².